The number of nitrogens with zero attached hydrogens (tertiary/aromatic N) is 3. The maximum atomic E-state index is 13.8. The summed E-state index contributed by atoms with van der Waals surface area (Å²) in [5.41, 5.74) is 1.51. The third-order valence-electron chi connectivity index (χ3n) is 6.81. The fraction of sp³-hybridized carbons (Fsp3) is 0.312. The average Bonchev–Trinajstić information content (AvgIpc) is 3.64. The summed E-state index contributed by atoms with van der Waals surface area (Å²) in [7, 11) is 1.59. The Kier molecular flexibility index (Phi) is 11.0. The van der Waals surface area contributed by atoms with Crippen LogP contribution in [0.4, 0.5) is 13.2 Å². The van der Waals surface area contributed by atoms with E-state index in [1.165, 1.54) is 17.4 Å². The van der Waals surface area contributed by atoms with Crippen LogP contribution in [-0.4, -0.2) is 53.0 Å². The summed E-state index contributed by atoms with van der Waals surface area (Å²) in [5.74, 6) is -0.354. The lowest BCUT2D eigenvalue weighted by molar-refractivity contribution is -0.141. The zero-order valence-electron chi connectivity index (χ0n) is 23.4. The van der Waals surface area contributed by atoms with E-state index in [9.17, 15) is 22.8 Å². The van der Waals surface area contributed by atoms with Gasteiger partial charge in [-0.1, -0.05) is 48.5 Å². The molecule has 10 heteroatoms. The molecule has 6 nitrogen and oxygen atoms in total. The van der Waals surface area contributed by atoms with Gasteiger partial charge in [-0.15, -0.1) is 11.3 Å². The molecule has 4 aromatic rings. The van der Waals surface area contributed by atoms with E-state index in [0.29, 0.717) is 31.7 Å². The summed E-state index contributed by atoms with van der Waals surface area (Å²) >= 11 is 1.50. The third kappa shape index (κ3) is 9.06. The molecule has 2 amide bonds. The van der Waals surface area contributed by atoms with E-state index in [2.05, 4.69) is 0 Å². The number of alkyl halides is 3. The molecular weight excluding hydrogens is 563 g/mol. The van der Waals surface area contributed by atoms with Gasteiger partial charge in [0.15, 0.2) is 0 Å². The molecule has 0 saturated heterocycles. The SMILES string of the molecule is COCCCN(Cc1cccn1Cc1cccc(C(F)(F)F)c1)C(=O)CN(Cc1ccccc1)C(=O)Cc1cccs1. The van der Waals surface area contributed by atoms with Gasteiger partial charge in [0, 0.05) is 50.1 Å². The standard InChI is InChI=1S/C32H34F3N3O3S/c1-41-17-8-16-37(23-28-13-6-15-36(28)22-26-11-5-12-27(19-26)32(33,34)35)31(40)24-38(21-25-9-3-2-4-10-25)30(39)20-29-14-7-18-42-29/h2-7,9-15,18-19H,8,16-17,20-24H2,1H3. The summed E-state index contributed by atoms with van der Waals surface area (Å²) in [5, 5.41) is 1.92. The van der Waals surface area contributed by atoms with Crippen LogP contribution in [0.2, 0.25) is 0 Å². The fourth-order valence-electron chi connectivity index (χ4n) is 4.65. The van der Waals surface area contributed by atoms with E-state index >= 15 is 0 Å². The van der Waals surface area contributed by atoms with Crippen molar-refractivity contribution in [2.24, 2.45) is 0 Å². The van der Waals surface area contributed by atoms with Crippen LogP contribution in [0.5, 0.6) is 0 Å². The number of ether oxygens (including phenoxy) is 1. The smallest absolute Gasteiger partial charge is 0.385 e. The van der Waals surface area contributed by atoms with E-state index in [-0.39, 0.29) is 37.9 Å². The Morgan fingerprint density at radius 3 is 2.38 bits per heavy atom. The molecule has 4 rings (SSSR count). The number of hydrogen-bond acceptors (Lipinski definition) is 4. The molecule has 2 aromatic carbocycles. The molecule has 222 valence electrons. The third-order valence-corrected chi connectivity index (χ3v) is 7.69. The Morgan fingerprint density at radius 1 is 0.881 bits per heavy atom. The lowest BCUT2D eigenvalue weighted by Crippen LogP contribution is -2.43. The number of halogens is 3. The second-order valence-electron chi connectivity index (χ2n) is 9.98. The van der Waals surface area contributed by atoms with E-state index in [0.717, 1.165) is 28.3 Å². The average molecular weight is 598 g/mol. The van der Waals surface area contributed by atoms with Crippen LogP contribution >= 0.6 is 11.3 Å². The van der Waals surface area contributed by atoms with Gasteiger partial charge in [-0.3, -0.25) is 9.59 Å². The first-order chi connectivity index (χ1) is 20.2. The number of thiophene rings is 1. The summed E-state index contributed by atoms with van der Waals surface area (Å²) < 4.78 is 46.8. The molecule has 0 aliphatic heterocycles. The second kappa shape index (κ2) is 14.8. The molecule has 0 aliphatic rings. The van der Waals surface area contributed by atoms with Crippen molar-refractivity contribution >= 4 is 23.2 Å². The molecule has 0 spiro atoms. The maximum Gasteiger partial charge on any atom is 0.416 e. The Balaban J connectivity index is 1.52. The summed E-state index contributed by atoms with van der Waals surface area (Å²) in [4.78, 5) is 31.3. The van der Waals surface area contributed by atoms with Crippen LogP contribution in [0.3, 0.4) is 0 Å². The predicted octanol–water partition coefficient (Wildman–Crippen LogP) is 6.25. The fourth-order valence-corrected chi connectivity index (χ4v) is 5.35. The molecule has 0 radical (unpaired) electrons. The van der Waals surface area contributed by atoms with Crippen molar-refractivity contribution in [3.63, 3.8) is 0 Å². The molecule has 0 saturated carbocycles. The first-order valence-corrected chi connectivity index (χ1v) is 14.5. The second-order valence-corrected chi connectivity index (χ2v) is 11.0. The zero-order chi connectivity index (χ0) is 30.0. The molecule has 2 heterocycles. The molecule has 0 atom stereocenters. The highest BCUT2D eigenvalue weighted by molar-refractivity contribution is 7.10. The highest BCUT2D eigenvalue weighted by Crippen LogP contribution is 2.29. The molecule has 0 N–H and O–H groups in total. The first-order valence-electron chi connectivity index (χ1n) is 13.6. The number of carbonyl (C=O) groups excluding carboxylic acids is 2. The van der Waals surface area contributed by atoms with Crippen LogP contribution < -0.4 is 0 Å². The number of rotatable bonds is 14. The highest BCUT2D eigenvalue weighted by Gasteiger charge is 2.30. The van der Waals surface area contributed by atoms with Crippen molar-refractivity contribution in [3.05, 3.63) is 118 Å². The molecule has 42 heavy (non-hydrogen) atoms. The topological polar surface area (TPSA) is 54.8 Å². The van der Waals surface area contributed by atoms with E-state index in [1.54, 1.807) is 29.2 Å². The van der Waals surface area contributed by atoms with Gasteiger partial charge >= 0.3 is 6.18 Å². The minimum atomic E-state index is -4.42. The number of amides is 2. The van der Waals surface area contributed by atoms with Crippen molar-refractivity contribution in [2.75, 3.05) is 26.8 Å². The van der Waals surface area contributed by atoms with Gasteiger partial charge in [0.25, 0.3) is 0 Å². The van der Waals surface area contributed by atoms with Gasteiger partial charge < -0.3 is 19.1 Å². The number of benzene rings is 2. The number of carbonyl (C=O) groups is 2. The van der Waals surface area contributed by atoms with Crippen LogP contribution in [0.15, 0.2) is 90.4 Å². The van der Waals surface area contributed by atoms with Gasteiger partial charge in [-0.25, -0.2) is 0 Å². The Morgan fingerprint density at radius 2 is 1.67 bits per heavy atom. The number of hydrogen-bond donors (Lipinski definition) is 0. The normalized spacial score (nSPS) is 11.4. The molecule has 0 bridgehead atoms. The molecule has 2 aromatic heterocycles. The largest absolute Gasteiger partial charge is 0.416 e. The molecule has 0 aliphatic carbocycles. The minimum absolute atomic E-state index is 0.0968. The summed E-state index contributed by atoms with van der Waals surface area (Å²) in [6.45, 7) is 1.54. The Labute approximate surface area is 247 Å². The zero-order valence-corrected chi connectivity index (χ0v) is 24.2. The number of aromatic nitrogens is 1. The lowest BCUT2D eigenvalue weighted by atomic mass is 10.1. The van der Waals surface area contributed by atoms with Crippen LogP contribution in [0.1, 0.15) is 33.7 Å². The maximum absolute atomic E-state index is 13.8. The quantitative estimate of drug-likeness (QED) is 0.162. The van der Waals surface area contributed by atoms with Crippen molar-refractivity contribution in [2.45, 2.75) is 38.7 Å². The molecular formula is C32H34F3N3O3S. The van der Waals surface area contributed by atoms with Crippen molar-refractivity contribution in [1.82, 2.24) is 14.4 Å². The van der Waals surface area contributed by atoms with Crippen LogP contribution in [0, 0.1) is 0 Å². The Hall–Kier alpha value is -3.89. The Bertz CT molecular complexity index is 1420. The highest BCUT2D eigenvalue weighted by atomic mass is 32.1. The van der Waals surface area contributed by atoms with Gasteiger partial charge in [0.05, 0.1) is 18.5 Å². The van der Waals surface area contributed by atoms with Gasteiger partial charge in [0.2, 0.25) is 11.8 Å². The van der Waals surface area contributed by atoms with Crippen LogP contribution in [-0.2, 0) is 46.6 Å². The number of methoxy groups -OCH3 is 1. The van der Waals surface area contributed by atoms with Crippen molar-refractivity contribution < 1.29 is 27.5 Å². The van der Waals surface area contributed by atoms with E-state index in [1.807, 2.05) is 64.5 Å². The van der Waals surface area contributed by atoms with Gasteiger partial charge in [-0.05, 0) is 53.3 Å². The first kappa shape index (κ1) is 31.1. The monoisotopic (exact) mass is 597 g/mol. The summed E-state index contributed by atoms with van der Waals surface area (Å²) in [6.07, 6.45) is -1.83. The molecule has 0 fully saturated rings. The van der Waals surface area contributed by atoms with Crippen molar-refractivity contribution in [3.8, 4) is 0 Å². The minimum Gasteiger partial charge on any atom is -0.385 e. The van der Waals surface area contributed by atoms with Crippen LogP contribution in [0.25, 0.3) is 0 Å². The lowest BCUT2D eigenvalue weighted by Gasteiger charge is -2.28. The summed E-state index contributed by atoms with van der Waals surface area (Å²) in [6, 6.07) is 22.3. The van der Waals surface area contributed by atoms with E-state index < -0.39 is 11.7 Å². The van der Waals surface area contributed by atoms with E-state index in [4.69, 9.17) is 4.74 Å². The molecule has 0 unspecified atom stereocenters. The van der Waals surface area contributed by atoms with Crippen molar-refractivity contribution in [1.29, 1.82) is 0 Å². The predicted molar refractivity (Wildman–Crippen MR) is 157 cm³/mol. The van der Waals surface area contributed by atoms with Gasteiger partial charge in [0.1, 0.15) is 6.54 Å². The van der Waals surface area contributed by atoms with Gasteiger partial charge in [-0.2, -0.15) is 13.2 Å².